The van der Waals surface area contributed by atoms with Gasteiger partial charge in [0.05, 0.1) is 16.3 Å². The Kier molecular flexibility index (Phi) is 5.66. The molecule has 2 aromatic heterocycles. The number of nitrogens with one attached hydrogen (secondary N) is 1. The summed E-state index contributed by atoms with van der Waals surface area (Å²) in [5.41, 5.74) is 0.555. The number of carbonyl (C=O) groups excluding carboxylic acids is 1. The molecule has 0 bridgehead atoms. The Balaban J connectivity index is 1.87. The summed E-state index contributed by atoms with van der Waals surface area (Å²) in [5.74, 6) is -0.722. The lowest BCUT2D eigenvalue weighted by atomic mass is 10.3. The Bertz CT molecular complexity index is 1030. The molecular weight excluding hydrogens is 391 g/mol. The predicted octanol–water partition coefficient (Wildman–Crippen LogP) is 2.30. The highest BCUT2D eigenvalue weighted by atomic mass is 32.2. The van der Waals surface area contributed by atoms with Gasteiger partial charge in [-0.05, 0) is 35.7 Å². The lowest BCUT2D eigenvalue weighted by Crippen LogP contribution is -2.30. The Morgan fingerprint density at radius 2 is 2.00 bits per heavy atom. The van der Waals surface area contributed by atoms with Gasteiger partial charge in [0, 0.05) is 12.3 Å². The molecular formula is C17H17FN4O3S2. The predicted molar refractivity (Wildman–Crippen MR) is 101 cm³/mol. The Labute approximate surface area is 159 Å². The maximum Gasteiger partial charge on any atom is 0.291 e. The van der Waals surface area contributed by atoms with Crippen molar-refractivity contribution in [3.63, 3.8) is 0 Å². The van der Waals surface area contributed by atoms with E-state index in [1.807, 2.05) is 17.5 Å². The van der Waals surface area contributed by atoms with Crippen molar-refractivity contribution >= 4 is 27.1 Å². The Morgan fingerprint density at radius 3 is 2.63 bits per heavy atom. The van der Waals surface area contributed by atoms with Crippen LogP contribution in [-0.4, -0.2) is 47.1 Å². The fourth-order valence-electron chi connectivity index (χ4n) is 2.28. The molecule has 0 fully saturated rings. The molecule has 3 aromatic rings. The summed E-state index contributed by atoms with van der Waals surface area (Å²) in [4.78, 5) is 17.4. The van der Waals surface area contributed by atoms with Gasteiger partial charge in [0.1, 0.15) is 5.82 Å². The molecule has 10 heteroatoms. The van der Waals surface area contributed by atoms with Gasteiger partial charge < -0.3 is 5.32 Å². The second kappa shape index (κ2) is 7.97. The van der Waals surface area contributed by atoms with Crippen molar-refractivity contribution in [1.29, 1.82) is 0 Å². The molecule has 1 aromatic carbocycles. The second-order valence-corrected chi connectivity index (χ2v) is 9.04. The summed E-state index contributed by atoms with van der Waals surface area (Å²) in [6.45, 7) is 1.53. The minimum atomic E-state index is -3.18. The Morgan fingerprint density at radius 1 is 1.26 bits per heavy atom. The zero-order chi connectivity index (χ0) is 19.4. The van der Waals surface area contributed by atoms with E-state index in [2.05, 4.69) is 15.4 Å². The number of halogens is 1. The van der Waals surface area contributed by atoms with Gasteiger partial charge in [0.2, 0.25) is 5.82 Å². The number of benzene rings is 1. The lowest BCUT2D eigenvalue weighted by Gasteiger charge is -2.04. The molecule has 0 saturated carbocycles. The minimum Gasteiger partial charge on any atom is -0.348 e. The van der Waals surface area contributed by atoms with Crippen LogP contribution in [-0.2, 0) is 9.84 Å². The molecule has 142 valence electrons. The van der Waals surface area contributed by atoms with E-state index in [0.717, 1.165) is 4.88 Å². The third kappa shape index (κ3) is 4.58. The molecule has 2 heterocycles. The maximum absolute atomic E-state index is 13.2. The fourth-order valence-corrected chi connectivity index (χ4v) is 3.68. The van der Waals surface area contributed by atoms with Crippen molar-refractivity contribution in [3.05, 3.63) is 53.4 Å². The number of hydrogen-bond donors (Lipinski definition) is 1. The van der Waals surface area contributed by atoms with E-state index in [9.17, 15) is 17.6 Å². The number of rotatable bonds is 7. The number of carbonyl (C=O) groups is 1. The minimum absolute atomic E-state index is 0.0167. The largest absolute Gasteiger partial charge is 0.348 e. The summed E-state index contributed by atoms with van der Waals surface area (Å²) >= 11 is 1.43. The maximum atomic E-state index is 13.2. The zero-order valence-electron chi connectivity index (χ0n) is 14.4. The van der Waals surface area contributed by atoms with Crippen LogP contribution < -0.4 is 5.32 Å². The van der Waals surface area contributed by atoms with Gasteiger partial charge in [-0.25, -0.2) is 22.5 Å². The van der Waals surface area contributed by atoms with Crippen LogP contribution in [0.15, 0.2) is 41.8 Å². The molecule has 0 spiro atoms. The van der Waals surface area contributed by atoms with Crippen molar-refractivity contribution in [2.24, 2.45) is 0 Å². The van der Waals surface area contributed by atoms with Crippen LogP contribution in [0, 0.1) is 5.82 Å². The number of hydrogen-bond acceptors (Lipinski definition) is 6. The van der Waals surface area contributed by atoms with Gasteiger partial charge in [0.25, 0.3) is 5.91 Å². The summed E-state index contributed by atoms with van der Waals surface area (Å²) in [6, 6.07) is 9.35. The molecule has 3 rings (SSSR count). The van der Waals surface area contributed by atoms with E-state index in [0.29, 0.717) is 11.5 Å². The van der Waals surface area contributed by atoms with Crippen molar-refractivity contribution in [1.82, 2.24) is 20.1 Å². The topological polar surface area (TPSA) is 94.0 Å². The highest BCUT2D eigenvalue weighted by Gasteiger charge is 2.19. The van der Waals surface area contributed by atoms with Crippen LogP contribution in [0.1, 0.15) is 17.5 Å². The molecule has 1 amide bonds. The van der Waals surface area contributed by atoms with Gasteiger partial charge in [0.15, 0.2) is 15.7 Å². The highest BCUT2D eigenvalue weighted by molar-refractivity contribution is 7.91. The summed E-state index contributed by atoms with van der Waals surface area (Å²) in [6.07, 6.45) is 0. The third-order valence-corrected chi connectivity index (χ3v) is 6.33. The van der Waals surface area contributed by atoms with Crippen LogP contribution in [0.25, 0.3) is 16.4 Å². The van der Waals surface area contributed by atoms with Crippen LogP contribution in [0.5, 0.6) is 0 Å². The molecule has 27 heavy (non-hydrogen) atoms. The average molecular weight is 408 g/mol. The number of thiophene rings is 1. The molecule has 7 nitrogen and oxygen atoms in total. The second-order valence-electron chi connectivity index (χ2n) is 5.62. The van der Waals surface area contributed by atoms with Gasteiger partial charge in [-0.2, -0.15) is 0 Å². The monoisotopic (exact) mass is 408 g/mol. The quantitative estimate of drug-likeness (QED) is 0.647. The Hall–Kier alpha value is -2.59. The van der Waals surface area contributed by atoms with E-state index >= 15 is 0 Å². The number of sulfone groups is 1. The molecule has 0 aliphatic heterocycles. The zero-order valence-corrected chi connectivity index (χ0v) is 16.1. The normalized spacial score (nSPS) is 11.5. The first-order valence-electron chi connectivity index (χ1n) is 8.15. The van der Waals surface area contributed by atoms with Crippen molar-refractivity contribution in [2.75, 3.05) is 18.1 Å². The van der Waals surface area contributed by atoms with Crippen molar-refractivity contribution in [2.45, 2.75) is 6.92 Å². The van der Waals surface area contributed by atoms with Crippen molar-refractivity contribution < 1.29 is 17.6 Å². The van der Waals surface area contributed by atoms with E-state index in [1.54, 1.807) is 6.92 Å². The molecule has 0 saturated heterocycles. The lowest BCUT2D eigenvalue weighted by molar-refractivity contribution is 0.0946. The molecule has 0 aliphatic carbocycles. The van der Waals surface area contributed by atoms with Gasteiger partial charge in [-0.1, -0.05) is 13.0 Å². The van der Waals surface area contributed by atoms with Gasteiger partial charge >= 0.3 is 0 Å². The highest BCUT2D eigenvalue weighted by Crippen LogP contribution is 2.25. The first-order chi connectivity index (χ1) is 12.9. The van der Waals surface area contributed by atoms with E-state index < -0.39 is 15.7 Å². The molecule has 1 N–H and O–H groups in total. The summed E-state index contributed by atoms with van der Waals surface area (Å²) < 4.78 is 37.7. The van der Waals surface area contributed by atoms with E-state index in [-0.39, 0.29) is 29.7 Å². The van der Waals surface area contributed by atoms with Gasteiger partial charge in [-0.15, -0.1) is 16.4 Å². The number of aromatic nitrogens is 3. The van der Waals surface area contributed by atoms with Crippen molar-refractivity contribution in [3.8, 4) is 16.4 Å². The van der Waals surface area contributed by atoms with Crippen LogP contribution in [0.3, 0.4) is 0 Å². The summed E-state index contributed by atoms with van der Waals surface area (Å²) in [5, 5.41) is 8.62. The van der Waals surface area contributed by atoms with Crippen LogP contribution >= 0.6 is 11.3 Å². The molecule has 0 radical (unpaired) electrons. The summed E-state index contributed by atoms with van der Waals surface area (Å²) in [7, 11) is -3.18. The van der Waals surface area contributed by atoms with Gasteiger partial charge in [-0.3, -0.25) is 4.79 Å². The van der Waals surface area contributed by atoms with Crippen LogP contribution in [0.2, 0.25) is 0 Å². The average Bonchev–Trinajstić information content (AvgIpc) is 3.31. The van der Waals surface area contributed by atoms with E-state index in [1.165, 1.54) is 40.3 Å². The smallest absolute Gasteiger partial charge is 0.291 e. The van der Waals surface area contributed by atoms with Crippen LogP contribution in [0.4, 0.5) is 4.39 Å². The standard InChI is InChI=1S/C17H17FN4O3S2/c1-2-27(24,25)11-9-19-17(23)15-20-16(14-4-3-10-26-14)22(21-15)13-7-5-12(18)6-8-13/h3-8,10H,2,9,11H2,1H3,(H,19,23). The molecule has 0 aliphatic rings. The third-order valence-electron chi connectivity index (χ3n) is 3.76. The number of nitrogens with zero attached hydrogens (tertiary/aromatic N) is 3. The molecule has 0 atom stereocenters. The first kappa shape index (κ1) is 19.2. The SMILES string of the molecule is CCS(=O)(=O)CCNC(=O)c1nc(-c2cccs2)n(-c2ccc(F)cc2)n1. The first-order valence-corrected chi connectivity index (χ1v) is 10.9. The molecule has 0 unspecified atom stereocenters. The fraction of sp³-hybridized carbons (Fsp3) is 0.235. The number of amides is 1. The van der Waals surface area contributed by atoms with E-state index in [4.69, 9.17) is 0 Å².